The number of rotatable bonds is 4. The molecule has 0 aliphatic heterocycles. The van der Waals surface area contributed by atoms with E-state index in [4.69, 9.17) is 5.11 Å². The number of carbonyl (C=O) groups excluding carboxylic acids is 1. The molecule has 0 aliphatic carbocycles. The van der Waals surface area contributed by atoms with E-state index in [2.05, 4.69) is 21.2 Å². The molecule has 0 saturated heterocycles. The van der Waals surface area contributed by atoms with Gasteiger partial charge in [0.1, 0.15) is 0 Å². The zero-order valence-electron chi connectivity index (χ0n) is 10.4. The molecule has 0 bridgehead atoms. The highest BCUT2D eigenvalue weighted by Crippen LogP contribution is 2.19. The van der Waals surface area contributed by atoms with Gasteiger partial charge in [-0.2, -0.15) is 0 Å². The molecule has 0 radical (unpaired) electrons. The zero-order valence-corrected chi connectivity index (χ0v) is 12.0. The van der Waals surface area contributed by atoms with E-state index in [1.807, 2.05) is 32.9 Å². The molecule has 0 atom stereocenters. The van der Waals surface area contributed by atoms with Crippen molar-refractivity contribution >= 4 is 21.8 Å². The van der Waals surface area contributed by atoms with E-state index in [1.165, 1.54) is 0 Å². The molecular weight excluding hydrogens is 282 g/mol. The maximum atomic E-state index is 12.0. The summed E-state index contributed by atoms with van der Waals surface area (Å²) in [5.74, 6) is -0.106. The summed E-state index contributed by atoms with van der Waals surface area (Å²) in [6.07, 6.45) is 0. The van der Waals surface area contributed by atoms with Crippen LogP contribution in [0.2, 0.25) is 0 Å². The number of carbonyl (C=O) groups is 1. The molecule has 2 N–H and O–H groups in total. The van der Waals surface area contributed by atoms with Gasteiger partial charge in [0.2, 0.25) is 0 Å². The number of hydrogen-bond donors (Lipinski definition) is 2. The Kier molecular flexibility index (Phi) is 4.71. The van der Waals surface area contributed by atoms with Crippen LogP contribution in [0.15, 0.2) is 22.7 Å². The maximum Gasteiger partial charge on any atom is 0.251 e. The molecule has 0 spiro atoms. The van der Waals surface area contributed by atoms with Crippen LogP contribution in [0.4, 0.5) is 0 Å². The Hall–Kier alpha value is -0.870. The van der Waals surface area contributed by atoms with Crippen molar-refractivity contribution in [3.63, 3.8) is 0 Å². The molecule has 1 amide bonds. The molecule has 1 aromatic carbocycles. The van der Waals surface area contributed by atoms with E-state index < -0.39 is 0 Å². The summed E-state index contributed by atoms with van der Waals surface area (Å²) in [5.41, 5.74) is 1.29. The highest BCUT2D eigenvalue weighted by atomic mass is 79.9. The summed E-state index contributed by atoms with van der Waals surface area (Å²) in [6, 6.07) is 5.54. The molecule has 0 unspecified atom stereocenters. The molecule has 0 fully saturated rings. The molecular formula is C13H18BrNO2. The van der Waals surface area contributed by atoms with Gasteiger partial charge in [-0.05, 0) is 24.6 Å². The third kappa shape index (κ3) is 3.82. The molecule has 0 saturated carbocycles. The van der Waals surface area contributed by atoms with Gasteiger partial charge in [-0.3, -0.25) is 4.79 Å². The van der Waals surface area contributed by atoms with Gasteiger partial charge in [0.25, 0.3) is 5.91 Å². The van der Waals surface area contributed by atoms with Crippen molar-refractivity contribution in [3.05, 3.63) is 33.8 Å². The summed E-state index contributed by atoms with van der Waals surface area (Å²) in [6.45, 7) is 6.21. The lowest BCUT2D eigenvalue weighted by Gasteiger charge is -2.22. The fraction of sp³-hybridized carbons (Fsp3) is 0.462. The molecule has 0 aliphatic rings. The first-order valence-corrected chi connectivity index (χ1v) is 6.31. The van der Waals surface area contributed by atoms with Gasteiger partial charge >= 0.3 is 0 Å². The minimum Gasteiger partial charge on any atom is -0.396 e. The van der Waals surface area contributed by atoms with Crippen LogP contribution in [0.3, 0.4) is 0 Å². The van der Waals surface area contributed by atoms with E-state index in [9.17, 15) is 4.79 Å². The van der Waals surface area contributed by atoms with Gasteiger partial charge in [-0.15, -0.1) is 0 Å². The number of hydrogen-bond acceptors (Lipinski definition) is 2. The Morgan fingerprint density at radius 3 is 2.71 bits per heavy atom. The average molecular weight is 300 g/mol. The lowest BCUT2D eigenvalue weighted by Crippen LogP contribution is -2.36. The van der Waals surface area contributed by atoms with Crippen LogP contribution in [0.1, 0.15) is 29.8 Å². The molecule has 1 aromatic rings. The van der Waals surface area contributed by atoms with Crippen LogP contribution < -0.4 is 5.32 Å². The summed E-state index contributed by atoms with van der Waals surface area (Å²) < 4.78 is 0.923. The summed E-state index contributed by atoms with van der Waals surface area (Å²) >= 11 is 3.40. The van der Waals surface area contributed by atoms with E-state index >= 15 is 0 Å². The molecule has 0 heterocycles. The van der Waals surface area contributed by atoms with E-state index in [0.29, 0.717) is 12.1 Å². The molecule has 1 rings (SSSR count). The molecule has 4 heteroatoms. The van der Waals surface area contributed by atoms with E-state index in [1.54, 1.807) is 6.07 Å². The van der Waals surface area contributed by atoms with Gasteiger partial charge in [-0.1, -0.05) is 35.8 Å². The van der Waals surface area contributed by atoms with Crippen LogP contribution in [-0.4, -0.2) is 24.2 Å². The van der Waals surface area contributed by atoms with Crippen molar-refractivity contribution < 1.29 is 9.90 Å². The van der Waals surface area contributed by atoms with Crippen LogP contribution >= 0.6 is 15.9 Å². The summed E-state index contributed by atoms with van der Waals surface area (Å²) in [7, 11) is 0. The Morgan fingerprint density at radius 1 is 1.47 bits per heavy atom. The normalized spacial score (nSPS) is 11.4. The highest BCUT2D eigenvalue weighted by Gasteiger charge is 2.18. The van der Waals surface area contributed by atoms with Crippen LogP contribution in [0.5, 0.6) is 0 Å². The number of nitrogens with one attached hydrogen (secondary N) is 1. The Morgan fingerprint density at radius 2 is 2.12 bits per heavy atom. The number of aliphatic hydroxyl groups is 1. The predicted molar refractivity (Wildman–Crippen MR) is 72.1 cm³/mol. The summed E-state index contributed by atoms with van der Waals surface area (Å²) in [4.78, 5) is 12.0. The highest BCUT2D eigenvalue weighted by molar-refractivity contribution is 9.10. The molecule has 17 heavy (non-hydrogen) atoms. The second kappa shape index (κ2) is 5.65. The number of aliphatic hydroxyl groups excluding tert-OH is 1. The zero-order chi connectivity index (χ0) is 13.1. The van der Waals surface area contributed by atoms with Crippen molar-refractivity contribution in [1.29, 1.82) is 0 Å². The first-order chi connectivity index (χ1) is 7.87. The Bertz CT molecular complexity index is 416. The largest absolute Gasteiger partial charge is 0.396 e. The van der Waals surface area contributed by atoms with Crippen molar-refractivity contribution in [1.82, 2.24) is 5.32 Å². The quantitative estimate of drug-likeness (QED) is 0.897. The van der Waals surface area contributed by atoms with Crippen molar-refractivity contribution in [2.24, 2.45) is 5.41 Å². The van der Waals surface area contributed by atoms with Crippen LogP contribution in [0, 0.1) is 12.3 Å². The lowest BCUT2D eigenvalue weighted by atomic mass is 9.95. The second-order valence-corrected chi connectivity index (χ2v) is 5.77. The third-order valence-corrected chi connectivity index (χ3v) is 3.53. The SMILES string of the molecule is Cc1c(Br)cccc1C(=O)NCC(C)(C)CO. The van der Waals surface area contributed by atoms with Gasteiger partial charge in [0.15, 0.2) is 0 Å². The standard InChI is InChI=1S/C13H18BrNO2/c1-9-10(5-4-6-11(9)14)12(17)15-7-13(2,3)8-16/h4-6,16H,7-8H2,1-3H3,(H,15,17). The van der Waals surface area contributed by atoms with Crippen molar-refractivity contribution in [2.75, 3.05) is 13.2 Å². The fourth-order valence-corrected chi connectivity index (χ4v) is 1.69. The summed E-state index contributed by atoms with van der Waals surface area (Å²) in [5, 5.41) is 12.0. The monoisotopic (exact) mass is 299 g/mol. The number of amides is 1. The van der Waals surface area contributed by atoms with E-state index in [-0.39, 0.29) is 17.9 Å². The maximum absolute atomic E-state index is 12.0. The fourth-order valence-electron chi connectivity index (χ4n) is 1.32. The van der Waals surface area contributed by atoms with Gasteiger partial charge in [0.05, 0.1) is 0 Å². The van der Waals surface area contributed by atoms with Crippen LogP contribution in [0.25, 0.3) is 0 Å². The van der Waals surface area contributed by atoms with Gasteiger partial charge in [0, 0.05) is 28.6 Å². The minimum atomic E-state index is -0.296. The minimum absolute atomic E-state index is 0.0464. The topological polar surface area (TPSA) is 49.3 Å². The van der Waals surface area contributed by atoms with Gasteiger partial charge in [-0.25, -0.2) is 0 Å². The molecule has 3 nitrogen and oxygen atoms in total. The first-order valence-electron chi connectivity index (χ1n) is 5.51. The Labute approximate surface area is 110 Å². The van der Waals surface area contributed by atoms with Crippen LogP contribution in [-0.2, 0) is 0 Å². The second-order valence-electron chi connectivity index (χ2n) is 4.92. The molecule has 94 valence electrons. The van der Waals surface area contributed by atoms with E-state index in [0.717, 1.165) is 10.0 Å². The Balaban J connectivity index is 2.74. The third-order valence-electron chi connectivity index (χ3n) is 2.67. The number of halogens is 1. The predicted octanol–water partition coefficient (Wildman–Crippen LogP) is 2.51. The average Bonchev–Trinajstić information content (AvgIpc) is 2.30. The van der Waals surface area contributed by atoms with Gasteiger partial charge < -0.3 is 10.4 Å². The van der Waals surface area contributed by atoms with Crippen molar-refractivity contribution in [3.8, 4) is 0 Å². The molecule has 0 aromatic heterocycles. The lowest BCUT2D eigenvalue weighted by molar-refractivity contribution is 0.0910. The first kappa shape index (κ1) is 14.2. The smallest absolute Gasteiger partial charge is 0.251 e. The number of benzene rings is 1. The van der Waals surface area contributed by atoms with Crippen molar-refractivity contribution in [2.45, 2.75) is 20.8 Å².